The average Bonchev–Trinajstić information content (AvgIpc) is 3.43. The van der Waals surface area contributed by atoms with Gasteiger partial charge in [-0.1, -0.05) is 0 Å². The summed E-state index contributed by atoms with van der Waals surface area (Å²) in [5, 5.41) is 16.2. The number of carbonyl (C=O) groups excluding carboxylic acids is 1. The van der Waals surface area contributed by atoms with Gasteiger partial charge in [0.2, 0.25) is 0 Å². The summed E-state index contributed by atoms with van der Waals surface area (Å²) in [7, 11) is 3.47. The zero-order valence-corrected chi connectivity index (χ0v) is 19.7. The van der Waals surface area contributed by atoms with Crippen LogP contribution in [0.15, 0.2) is 30.6 Å². The Labute approximate surface area is 200 Å². The molecule has 4 aromatic rings. The number of aromatic nitrogens is 4. The summed E-state index contributed by atoms with van der Waals surface area (Å²) in [5.74, 6) is -2.06. The molecule has 0 bridgehead atoms. The van der Waals surface area contributed by atoms with Crippen molar-refractivity contribution in [2.75, 3.05) is 23.3 Å². The molecule has 35 heavy (non-hydrogen) atoms. The van der Waals surface area contributed by atoms with Gasteiger partial charge in [-0.25, -0.2) is 8.78 Å². The van der Waals surface area contributed by atoms with Crippen LogP contribution in [-0.2, 0) is 14.1 Å². The predicted molar refractivity (Wildman–Crippen MR) is 131 cm³/mol. The van der Waals surface area contributed by atoms with Gasteiger partial charge in [0.05, 0.1) is 16.9 Å². The van der Waals surface area contributed by atoms with Gasteiger partial charge >= 0.3 is 0 Å². The van der Waals surface area contributed by atoms with Crippen LogP contribution < -0.4 is 15.5 Å². The molecule has 2 aromatic heterocycles. The van der Waals surface area contributed by atoms with Crippen LogP contribution in [0.25, 0.3) is 21.8 Å². The van der Waals surface area contributed by atoms with E-state index in [4.69, 9.17) is 0 Å². The lowest BCUT2D eigenvalue weighted by molar-refractivity contribution is 0.102. The van der Waals surface area contributed by atoms with Crippen molar-refractivity contribution >= 4 is 39.1 Å². The highest BCUT2D eigenvalue weighted by Crippen LogP contribution is 2.34. The minimum atomic E-state index is -0.743. The highest BCUT2D eigenvalue weighted by atomic mass is 19.1. The molecule has 1 saturated heterocycles. The molecule has 2 aliphatic rings. The second-order valence-corrected chi connectivity index (χ2v) is 9.67. The van der Waals surface area contributed by atoms with Gasteiger partial charge < -0.3 is 15.5 Å². The van der Waals surface area contributed by atoms with Gasteiger partial charge in [0, 0.05) is 68.5 Å². The van der Waals surface area contributed by atoms with Crippen LogP contribution in [0.3, 0.4) is 0 Å². The van der Waals surface area contributed by atoms with Gasteiger partial charge in [0.15, 0.2) is 0 Å². The summed E-state index contributed by atoms with van der Waals surface area (Å²) in [6.07, 6.45) is 8.00. The Morgan fingerprint density at radius 3 is 2.40 bits per heavy atom. The van der Waals surface area contributed by atoms with Crippen molar-refractivity contribution in [3.05, 3.63) is 47.8 Å². The normalized spacial score (nSPS) is 17.0. The van der Waals surface area contributed by atoms with Crippen LogP contribution in [0, 0.1) is 11.6 Å². The lowest BCUT2D eigenvalue weighted by Crippen LogP contribution is -2.43. The van der Waals surface area contributed by atoms with E-state index in [0.29, 0.717) is 28.4 Å². The van der Waals surface area contributed by atoms with Crippen molar-refractivity contribution in [2.45, 2.75) is 37.8 Å². The Kier molecular flexibility index (Phi) is 5.21. The standard InChI is InChI=1S/C25H27F2N7O/c1-32-12-14-9-21(18(26)10-20(14)30-32)29-25(35)23-19(27)11-22(17-13-33(2)31-24(17)23)34-7-5-16(6-8-34)28-15-3-4-15/h9-13,15-16,28H,3-8H2,1-2H3,(H,29,35). The molecule has 6 rings (SSSR count). The number of aryl methyl sites for hydroxylation is 2. The SMILES string of the molecule is Cn1cc2cc(NC(=O)c3c(F)cc(N4CCC(NC5CC5)CC4)c4cn(C)nc34)c(F)cc2n1. The lowest BCUT2D eigenvalue weighted by atomic mass is 10.0. The Morgan fingerprint density at radius 1 is 0.943 bits per heavy atom. The topological polar surface area (TPSA) is 80.0 Å². The van der Waals surface area contributed by atoms with Gasteiger partial charge in [0.25, 0.3) is 5.91 Å². The maximum absolute atomic E-state index is 15.5. The number of carbonyl (C=O) groups is 1. The van der Waals surface area contributed by atoms with Crippen molar-refractivity contribution in [3.8, 4) is 0 Å². The largest absolute Gasteiger partial charge is 0.371 e. The number of nitrogens with zero attached hydrogens (tertiary/aromatic N) is 5. The van der Waals surface area contributed by atoms with Gasteiger partial charge in [-0.2, -0.15) is 10.2 Å². The molecule has 1 amide bonds. The van der Waals surface area contributed by atoms with Crippen molar-refractivity contribution in [1.29, 1.82) is 0 Å². The van der Waals surface area contributed by atoms with Gasteiger partial charge in [-0.05, 0) is 37.8 Å². The molecule has 0 atom stereocenters. The fraction of sp³-hybridized carbons (Fsp3) is 0.400. The second-order valence-electron chi connectivity index (χ2n) is 9.67. The number of anilines is 2. The number of fused-ring (bicyclic) bond motifs is 2. The molecule has 0 spiro atoms. The molecule has 1 aliphatic carbocycles. The number of amides is 1. The maximum Gasteiger partial charge on any atom is 0.261 e. The first kappa shape index (κ1) is 22.0. The molecule has 0 unspecified atom stereocenters. The van der Waals surface area contributed by atoms with E-state index in [9.17, 15) is 9.18 Å². The van der Waals surface area contributed by atoms with E-state index >= 15 is 4.39 Å². The number of hydrogen-bond acceptors (Lipinski definition) is 5. The molecule has 8 nitrogen and oxygen atoms in total. The smallest absolute Gasteiger partial charge is 0.261 e. The first-order valence-electron chi connectivity index (χ1n) is 12.0. The summed E-state index contributed by atoms with van der Waals surface area (Å²) >= 11 is 0. The van der Waals surface area contributed by atoms with Gasteiger partial charge in [-0.15, -0.1) is 0 Å². The Balaban J connectivity index is 1.30. The fourth-order valence-electron chi connectivity index (χ4n) is 5.04. The zero-order valence-electron chi connectivity index (χ0n) is 19.7. The summed E-state index contributed by atoms with van der Waals surface area (Å²) in [6, 6.07) is 5.31. The van der Waals surface area contributed by atoms with Crippen LogP contribution in [0.1, 0.15) is 36.0 Å². The second kappa shape index (κ2) is 8.30. The highest BCUT2D eigenvalue weighted by Gasteiger charge is 2.29. The number of hydrogen-bond donors (Lipinski definition) is 2. The van der Waals surface area contributed by atoms with Gasteiger partial charge in [-0.3, -0.25) is 14.2 Å². The maximum atomic E-state index is 15.5. The molecule has 3 heterocycles. The zero-order chi connectivity index (χ0) is 24.3. The molecular weight excluding hydrogens is 452 g/mol. The quantitative estimate of drug-likeness (QED) is 0.456. The minimum absolute atomic E-state index is 0.0340. The number of rotatable bonds is 5. The fourth-order valence-corrected chi connectivity index (χ4v) is 5.04. The van der Waals surface area contributed by atoms with Gasteiger partial charge in [0.1, 0.15) is 22.7 Å². The van der Waals surface area contributed by atoms with E-state index in [-0.39, 0.29) is 16.8 Å². The van der Waals surface area contributed by atoms with E-state index in [1.165, 1.54) is 31.0 Å². The minimum Gasteiger partial charge on any atom is -0.371 e. The molecule has 1 saturated carbocycles. The summed E-state index contributed by atoms with van der Waals surface area (Å²) in [6.45, 7) is 1.60. The first-order chi connectivity index (χ1) is 16.9. The number of nitrogens with one attached hydrogen (secondary N) is 2. The van der Waals surface area contributed by atoms with E-state index in [1.807, 2.05) is 0 Å². The molecule has 2 aromatic carbocycles. The van der Waals surface area contributed by atoms with Crippen molar-refractivity contribution < 1.29 is 13.6 Å². The molecule has 2 fully saturated rings. The predicted octanol–water partition coefficient (Wildman–Crippen LogP) is 3.71. The third-order valence-electron chi connectivity index (χ3n) is 6.91. The van der Waals surface area contributed by atoms with E-state index in [2.05, 4.69) is 25.7 Å². The Hall–Kier alpha value is -3.53. The van der Waals surface area contributed by atoms with Crippen LogP contribution in [0.5, 0.6) is 0 Å². The highest BCUT2D eigenvalue weighted by molar-refractivity contribution is 6.14. The molecule has 0 radical (unpaired) electrons. The van der Waals surface area contributed by atoms with Crippen molar-refractivity contribution in [1.82, 2.24) is 24.9 Å². The summed E-state index contributed by atoms with van der Waals surface area (Å²) in [4.78, 5) is 15.3. The van der Waals surface area contributed by atoms with Crippen molar-refractivity contribution in [2.24, 2.45) is 14.1 Å². The van der Waals surface area contributed by atoms with Crippen molar-refractivity contribution in [3.63, 3.8) is 0 Å². The monoisotopic (exact) mass is 479 g/mol. The Bertz CT molecular complexity index is 1450. The van der Waals surface area contributed by atoms with Crippen LogP contribution in [0.4, 0.5) is 20.2 Å². The molecule has 182 valence electrons. The third kappa shape index (κ3) is 4.12. The van der Waals surface area contributed by atoms with Crippen LogP contribution >= 0.6 is 0 Å². The molecule has 2 N–H and O–H groups in total. The van der Waals surface area contributed by atoms with E-state index < -0.39 is 17.5 Å². The summed E-state index contributed by atoms with van der Waals surface area (Å²) in [5.41, 5.74) is 1.24. The third-order valence-corrected chi connectivity index (χ3v) is 6.91. The Morgan fingerprint density at radius 2 is 1.66 bits per heavy atom. The number of benzene rings is 2. The first-order valence-corrected chi connectivity index (χ1v) is 12.0. The van der Waals surface area contributed by atoms with E-state index in [0.717, 1.165) is 31.6 Å². The van der Waals surface area contributed by atoms with E-state index in [1.54, 1.807) is 35.9 Å². The molecule has 10 heteroatoms. The number of halogens is 2. The van der Waals surface area contributed by atoms with Crippen LogP contribution in [0.2, 0.25) is 0 Å². The molecular formula is C25H27F2N7O. The average molecular weight is 480 g/mol. The summed E-state index contributed by atoms with van der Waals surface area (Å²) < 4.78 is 33.3. The molecule has 1 aliphatic heterocycles. The number of piperidine rings is 1. The van der Waals surface area contributed by atoms with Crippen LogP contribution in [-0.4, -0.2) is 50.6 Å². The lowest BCUT2D eigenvalue weighted by Gasteiger charge is -2.34.